The molecule has 0 bridgehead atoms. The van der Waals surface area contributed by atoms with E-state index in [1.165, 1.54) is 0 Å². The Morgan fingerprint density at radius 3 is 2.43 bits per heavy atom. The lowest BCUT2D eigenvalue weighted by Crippen LogP contribution is -2.24. The summed E-state index contributed by atoms with van der Waals surface area (Å²) >= 11 is 0. The molecule has 0 aliphatic heterocycles. The van der Waals surface area contributed by atoms with Crippen LogP contribution in [0.4, 0.5) is 0 Å². The van der Waals surface area contributed by atoms with Gasteiger partial charge >= 0.3 is 0 Å². The monoisotopic (exact) mass is 195 g/mol. The van der Waals surface area contributed by atoms with Crippen molar-refractivity contribution in [1.29, 1.82) is 0 Å². The first-order valence-corrected chi connectivity index (χ1v) is 4.91. The number of phenolic OH excluding ortho intramolecular Hbond substituents is 1. The first-order chi connectivity index (χ1) is 6.77. The van der Waals surface area contributed by atoms with E-state index in [1.54, 1.807) is 12.1 Å². The Morgan fingerprint density at radius 2 is 1.93 bits per heavy atom. The Bertz CT molecular complexity index is 258. The minimum absolute atomic E-state index is 0.0319. The van der Waals surface area contributed by atoms with Crippen LogP contribution in [0.3, 0.4) is 0 Å². The molecule has 14 heavy (non-hydrogen) atoms. The number of phenols is 1. The Morgan fingerprint density at radius 1 is 1.29 bits per heavy atom. The molecule has 0 spiro atoms. The zero-order valence-corrected chi connectivity index (χ0v) is 8.40. The average Bonchev–Trinajstić information content (AvgIpc) is 2.21. The van der Waals surface area contributed by atoms with Crippen molar-refractivity contribution in [2.45, 2.75) is 19.4 Å². The number of hydrogen-bond donors (Lipinski definition) is 3. The molecule has 1 unspecified atom stereocenters. The third-order valence-corrected chi connectivity index (χ3v) is 2.12. The lowest BCUT2D eigenvalue weighted by atomic mass is 10.1. The molecule has 3 nitrogen and oxygen atoms in total. The summed E-state index contributed by atoms with van der Waals surface area (Å²) < 4.78 is 0. The minimum Gasteiger partial charge on any atom is -0.508 e. The van der Waals surface area contributed by atoms with Crippen LogP contribution in [-0.2, 0) is 0 Å². The van der Waals surface area contributed by atoms with Gasteiger partial charge in [-0.2, -0.15) is 0 Å². The smallest absolute Gasteiger partial charge is 0.115 e. The van der Waals surface area contributed by atoms with Gasteiger partial charge in [-0.3, -0.25) is 0 Å². The molecule has 0 heterocycles. The van der Waals surface area contributed by atoms with Crippen LogP contribution in [0.5, 0.6) is 5.75 Å². The van der Waals surface area contributed by atoms with E-state index in [9.17, 15) is 0 Å². The zero-order valence-electron chi connectivity index (χ0n) is 8.40. The van der Waals surface area contributed by atoms with E-state index in [1.807, 2.05) is 12.1 Å². The number of rotatable bonds is 5. The van der Waals surface area contributed by atoms with E-state index < -0.39 is 0 Å². The maximum Gasteiger partial charge on any atom is 0.115 e. The fourth-order valence-electron chi connectivity index (χ4n) is 1.31. The minimum atomic E-state index is -0.0319. The summed E-state index contributed by atoms with van der Waals surface area (Å²) in [5.41, 5.74) is 0.999. The summed E-state index contributed by atoms with van der Waals surface area (Å²) in [6.07, 6.45) is 1.04. The van der Waals surface area contributed by atoms with Gasteiger partial charge in [-0.05, 0) is 30.7 Å². The second kappa shape index (κ2) is 5.62. The number of hydrogen-bond acceptors (Lipinski definition) is 3. The van der Waals surface area contributed by atoms with Gasteiger partial charge in [0.05, 0.1) is 12.6 Å². The van der Waals surface area contributed by atoms with Crippen LogP contribution >= 0.6 is 0 Å². The predicted molar refractivity (Wildman–Crippen MR) is 56.2 cm³/mol. The molecule has 0 fully saturated rings. The topological polar surface area (TPSA) is 52.5 Å². The van der Waals surface area contributed by atoms with Crippen LogP contribution in [0.15, 0.2) is 24.3 Å². The fraction of sp³-hybridized carbons (Fsp3) is 0.455. The van der Waals surface area contributed by atoms with Crippen molar-refractivity contribution in [1.82, 2.24) is 5.32 Å². The van der Waals surface area contributed by atoms with Gasteiger partial charge in [0.2, 0.25) is 0 Å². The van der Waals surface area contributed by atoms with E-state index in [0.717, 1.165) is 18.5 Å². The first kappa shape index (κ1) is 11.0. The molecule has 0 saturated heterocycles. The van der Waals surface area contributed by atoms with Crippen LogP contribution in [-0.4, -0.2) is 23.4 Å². The van der Waals surface area contributed by atoms with E-state index >= 15 is 0 Å². The number of aromatic hydroxyl groups is 1. The summed E-state index contributed by atoms with van der Waals surface area (Å²) in [5, 5.41) is 21.5. The Hall–Kier alpha value is -1.06. The molecule has 0 aliphatic rings. The molecular formula is C11H17NO2. The normalized spacial score (nSPS) is 12.7. The van der Waals surface area contributed by atoms with Crippen LogP contribution in [0, 0.1) is 0 Å². The van der Waals surface area contributed by atoms with Gasteiger partial charge in [-0.25, -0.2) is 0 Å². The molecule has 0 radical (unpaired) electrons. The quantitative estimate of drug-likeness (QED) is 0.666. The van der Waals surface area contributed by atoms with Gasteiger partial charge in [0.1, 0.15) is 5.75 Å². The van der Waals surface area contributed by atoms with Gasteiger partial charge in [0.15, 0.2) is 0 Å². The molecule has 0 aliphatic carbocycles. The summed E-state index contributed by atoms with van der Waals surface area (Å²) in [5.74, 6) is 0.251. The van der Waals surface area contributed by atoms with Crippen LogP contribution in [0.25, 0.3) is 0 Å². The molecule has 1 rings (SSSR count). The third kappa shape index (κ3) is 3.01. The number of aliphatic hydroxyl groups excluding tert-OH is 1. The number of nitrogens with one attached hydrogen (secondary N) is 1. The molecule has 1 aromatic rings. The summed E-state index contributed by atoms with van der Waals surface area (Å²) in [7, 11) is 0. The fourth-order valence-corrected chi connectivity index (χ4v) is 1.31. The van der Waals surface area contributed by atoms with Crippen LogP contribution in [0.1, 0.15) is 24.9 Å². The van der Waals surface area contributed by atoms with Crippen molar-refractivity contribution in [3.05, 3.63) is 29.8 Å². The van der Waals surface area contributed by atoms with Crippen LogP contribution in [0.2, 0.25) is 0 Å². The lowest BCUT2D eigenvalue weighted by Gasteiger charge is -2.15. The Kier molecular flexibility index (Phi) is 4.43. The van der Waals surface area contributed by atoms with Crippen molar-refractivity contribution in [3.8, 4) is 5.75 Å². The molecule has 0 aromatic heterocycles. The molecule has 3 N–H and O–H groups in total. The highest BCUT2D eigenvalue weighted by atomic mass is 16.3. The molecule has 3 heteroatoms. The van der Waals surface area contributed by atoms with Crippen molar-refractivity contribution in [2.24, 2.45) is 0 Å². The highest BCUT2D eigenvalue weighted by molar-refractivity contribution is 5.28. The van der Waals surface area contributed by atoms with Gasteiger partial charge in [-0.15, -0.1) is 0 Å². The van der Waals surface area contributed by atoms with Gasteiger partial charge in [-0.1, -0.05) is 19.1 Å². The summed E-state index contributed by atoms with van der Waals surface area (Å²) in [6, 6.07) is 6.87. The lowest BCUT2D eigenvalue weighted by molar-refractivity contribution is 0.245. The van der Waals surface area contributed by atoms with E-state index in [4.69, 9.17) is 10.2 Å². The van der Waals surface area contributed by atoms with Crippen LogP contribution < -0.4 is 5.32 Å². The predicted octanol–water partition coefficient (Wildman–Crippen LogP) is 1.43. The highest BCUT2D eigenvalue weighted by Crippen LogP contribution is 2.16. The highest BCUT2D eigenvalue weighted by Gasteiger charge is 2.08. The molecular weight excluding hydrogens is 178 g/mol. The van der Waals surface area contributed by atoms with Gasteiger partial charge < -0.3 is 15.5 Å². The van der Waals surface area contributed by atoms with Crippen molar-refractivity contribution < 1.29 is 10.2 Å². The van der Waals surface area contributed by atoms with Crippen molar-refractivity contribution in [2.75, 3.05) is 13.2 Å². The molecule has 0 amide bonds. The van der Waals surface area contributed by atoms with E-state index in [2.05, 4.69) is 12.2 Å². The molecule has 1 aromatic carbocycles. The van der Waals surface area contributed by atoms with Gasteiger partial charge in [0, 0.05) is 0 Å². The number of benzene rings is 1. The third-order valence-electron chi connectivity index (χ3n) is 2.12. The first-order valence-electron chi connectivity index (χ1n) is 4.91. The Balaban J connectivity index is 2.64. The van der Waals surface area contributed by atoms with E-state index in [-0.39, 0.29) is 18.4 Å². The number of aliphatic hydroxyl groups is 1. The van der Waals surface area contributed by atoms with Crippen molar-refractivity contribution in [3.63, 3.8) is 0 Å². The summed E-state index contributed by atoms with van der Waals surface area (Å²) in [6.45, 7) is 3.04. The average molecular weight is 195 g/mol. The maximum atomic E-state index is 9.15. The summed E-state index contributed by atoms with van der Waals surface area (Å²) in [4.78, 5) is 0. The SMILES string of the molecule is CCCNC(CO)c1ccc(O)cc1. The van der Waals surface area contributed by atoms with Crippen molar-refractivity contribution >= 4 is 0 Å². The molecule has 78 valence electrons. The molecule has 1 atom stereocenters. The van der Waals surface area contributed by atoms with Gasteiger partial charge in [0.25, 0.3) is 0 Å². The molecule has 0 saturated carbocycles. The largest absolute Gasteiger partial charge is 0.508 e. The Labute approximate surface area is 84.4 Å². The maximum absolute atomic E-state index is 9.15. The second-order valence-corrected chi connectivity index (χ2v) is 3.28. The second-order valence-electron chi connectivity index (χ2n) is 3.28. The zero-order chi connectivity index (χ0) is 10.4. The standard InChI is InChI=1S/C11H17NO2/c1-2-7-12-11(8-13)9-3-5-10(14)6-4-9/h3-6,11-14H,2,7-8H2,1H3. The van der Waals surface area contributed by atoms with E-state index in [0.29, 0.717) is 0 Å².